The fourth-order valence-corrected chi connectivity index (χ4v) is 6.29. The van der Waals surface area contributed by atoms with Crippen LogP contribution in [0.1, 0.15) is 42.5 Å². The Morgan fingerprint density at radius 3 is 2.61 bits per heavy atom. The molecule has 0 atom stereocenters. The average molecular weight is 564 g/mol. The third-order valence-corrected chi connectivity index (χ3v) is 7.99. The molecule has 6 nitrogen and oxygen atoms in total. The normalized spacial score (nSPS) is 14.8. The second kappa shape index (κ2) is 10.6. The summed E-state index contributed by atoms with van der Waals surface area (Å²) in [6.07, 6.45) is 3.53. The monoisotopic (exact) mass is 563 g/mol. The van der Waals surface area contributed by atoms with E-state index in [1.807, 2.05) is 25.1 Å². The van der Waals surface area contributed by atoms with E-state index >= 15 is 0 Å². The van der Waals surface area contributed by atoms with E-state index in [0.29, 0.717) is 20.0 Å². The fourth-order valence-electron chi connectivity index (χ4n) is 4.89. The van der Waals surface area contributed by atoms with Gasteiger partial charge in [0.2, 0.25) is 0 Å². The average Bonchev–Trinajstić information content (AvgIpc) is 3.28. The molecule has 38 heavy (non-hydrogen) atoms. The first-order valence-corrected chi connectivity index (χ1v) is 13.5. The highest BCUT2D eigenvalue weighted by Gasteiger charge is 2.29. The van der Waals surface area contributed by atoms with Gasteiger partial charge in [0.1, 0.15) is 12.3 Å². The van der Waals surface area contributed by atoms with Crippen molar-refractivity contribution in [2.45, 2.75) is 64.4 Å². The topological polar surface area (TPSA) is 66.1 Å². The molecule has 0 amide bonds. The Bertz CT molecular complexity index is 1600. The molecule has 3 aromatic heterocycles. The molecule has 200 valence electrons. The zero-order valence-electron chi connectivity index (χ0n) is 20.6. The van der Waals surface area contributed by atoms with E-state index in [9.17, 15) is 22.8 Å². The second-order valence-corrected chi connectivity index (χ2v) is 11.1. The number of hydrogen-bond acceptors (Lipinski definition) is 5. The van der Waals surface area contributed by atoms with Crippen molar-refractivity contribution in [3.8, 4) is 16.9 Å². The van der Waals surface area contributed by atoms with Crippen LogP contribution < -0.4 is 16.0 Å². The number of alkyl halides is 3. The van der Waals surface area contributed by atoms with Crippen LogP contribution in [0.5, 0.6) is 5.75 Å². The highest BCUT2D eigenvalue weighted by molar-refractivity contribution is 7.19. The van der Waals surface area contributed by atoms with E-state index in [0.717, 1.165) is 69.7 Å². The number of aryl methyl sites for hydroxylation is 1. The Balaban J connectivity index is 1.55. The van der Waals surface area contributed by atoms with E-state index in [1.54, 1.807) is 12.3 Å². The minimum atomic E-state index is -4.59. The standard InChI is InChI=1S/C27H25ClF3N3O3S/c1-16-11-17(28)12-21(24(16)37-18-5-3-2-4-6-18)20-7-9-32-22-13-19(38-25(20)22)14-34-23(35)8-10-33(26(34)36)15-27(29,30)31/h7-13,18H,2-6,14-15H2,1H3. The molecule has 0 radical (unpaired) electrons. The maximum absolute atomic E-state index is 12.9. The summed E-state index contributed by atoms with van der Waals surface area (Å²) in [6.45, 7) is 0.318. The van der Waals surface area contributed by atoms with Gasteiger partial charge in [-0.3, -0.25) is 18.9 Å². The summed E-state index contributed by atoms with van der Waals surface area (Å²) >= 11 is 7.78. The fraction of sp³-hybridized carbons (Fsp3) is 0.370. The Labute approximate surface area is 225 Å². The molecule has 1 aliphatic rings. The number of thiophene rings is 1. The van der Waals surface area contributed by atoms with Crippen molar-refractivity contribution in [1.82, 2.24) is 14.1 Å². The Morgan fingerprint density at radius 1 is 1.11 bits per heavy atom. The van der Waals surface area contributed by atoms with Crippen LogP contribution in [0.3, 0.4) is 0 Å². The number of fused-ring (bicyclic) bond motifs is 1. The molecule has 0 N–H and O–H groups in total. The summed E-state index contributed by atoms with van der Waals surface area (Å²) in [5.74, 6) is 0.762. The zero-order valence-corrected chi connectivity index (χ0v) is 22.1. The summed E-state index contributed by atoms with van der Waals surface area (Å²) < 4.78 is 47.3. The van der Waals surface area contributed by atoms with Crippen LogP contribution in [0, 0.1) is 6.92 Å². The summed E-state index contributed by atoms with van der Waals surface area (Å²) in [7, 11) is 0. The number of hydrogen-bond donors (Lipinski definition) is 0. The molecule has 1 fully saturated rings. The van der Waals surface area contributed by atoms with Gasteiger partial charge < -0.3 is 4.74 Å². The molecular weight excluding hydrogens is 539 g/mol. The van der Waals surface area contributed by atoms with Gasteiger partial charge in [0.15, 0.2) is 0 Å². The maximum atomic E-state index is 12.9. The Kier molecular flexibility index (Phi) is 7.37. The van der Waals surface area contributed by atoms with Crippen molar-refractivity contribution in [2.75, 3.05) is 0 Å². The van der Waals surface area contributed by atoms with Gasteiger partial charge in [0.05, 0.1) is 22.9 Å². The SMILES string of the molecule is Cc1cc(Cl)cc(-c2ccnc3cc(Cn4c(=O)ccn(CC(F)(F)F)c4=O)sc23)c1OC1CCCCC1. The minimum absolute atomic E-state index is 0.127. The van der Waals surface area contributed by atoms with Crippen LogP contribution in [0.15, 0.2) is 52.3 Å². The predicted molar refractivity (Wildman–Crippen MR) is 142 cm³/mol. The summed E-state index contributed by atoms with van der Waals surface area (Å²) in [5, 5.41) is 0.566. The Morgan fingerprint density at radius 2 is 1.87 bits per heavy atom. The second-order valence-electron chi connectivity index (χ2n) is 9.53. The molecule has 3 heterocycles. The van der Waals surface area contributed by atoms with Crippen LogP contribution in [0.25, 0.3) is 21.3 Å². The lowest BCUT2D eigenvalue weighted by Gasteiger charge is -2.25. The van der Waals surface area contributed by atoms with Gasteiger partial charge >= 0.3 is 11.9 Å². The lowest BCUT2D eigenvalue weighted by atomic mass is 9.97. The van der Waals surface area contributed by atoms with Gasteiger partial charge in [-0.1, -0.05) is 18.0 Å². The summed E-state index contributed by atoms with van der Waals surface area (Å²) in [6, 6.07) is 8.31. The molecule has 0 spiro atoms. The third kappa shape index (κ3) is 5.66. The number of nitrogens with zero attached hydrogens (tertiary/aromatic N) is 3. The van der Waals surface area contributed by atoms with Crippen LogP contribution in [0.2, 0.25) is 5.02 Å². The van der Waals surface area contributed by atoms with Crippen LogP contribution >= 0.6 is 22.9 Å². The summed E-state index contributed by atoms with van der Waals surface area (Å²) in [5.41, 5.74) is 1.54. The first-order valence-electron chi connectivity index (χ1n) is 12.3. The van der Waals surface area contributed by atoms with Crippen LogP contribution in [-0.4, -0.2) is 26.4 Å². The van der Waals surface area contributed by atoms with E-state index in [-0.39, 0.29) is 12.6 Å². The van der Waals surface area contributed by atoms with Crippen molar-refractivity contribution in [1.29, 1.82) is 0 Å². The first-order chi connectivity index (χ1) is 18.1. The van der Waals surface area contributed by atoms with Gasteiger partial charge in [-0.05, 0) is 62.4 Å². The molecule has 4 aromatic rings. The van der Waals surface area contributed by atoms with Gasteiger partial charge in [-0.15, -0.1) is 11.3 Å². The molecule has 5 rings (SSSR count). The van der Waals surface area contributed by atoms with Gasteiger partial charge in [0, 0.05) is 39.5 Å². The molecule has 0 bridgehead atoms. The van der Waals surface area contributed by atoms with Gasteiger partial charge in [0.25, 0.3) is 5.56 Å². The number of halogens is 4. The molecule has 0 unspecified atom stereocenters. The highest BCUT2D eigenvalue weighted by atomic mass is 35.5. The predicted octanol–water partition coefficient (Wildman–Crippen LogP) is 6.57. The lowest BCUT2D eigenvalue weighted by Crippen LogP contribution is -2.41. The van der Waals surface area contributed by atoms with Gasteiger partial charge in [-0.25, -0.2) is 4.79 Å². The number of benzene rings is 1. The molecule has 1 aromatic carbocycles. The van der Waals surface area contributed by atoms with Gasteiger partial charge in [-0.2, -0.15) is 13.2 Å². The van der Waals surface area contributed by atoms with Crippen LogP contribution in [0.4, 0.5) is 13.2 Å². The van der Waals surface area contributed by atoms with Crippen molar-refractivity contribution < 1.29 is 17.9 Å². The van der Waals surface area contributed by atoms with Crippen LogP contribution in [-0.2, 0) is 13.1 Å². The van der Waals surface area contributed by atoms with E-state index < -0.39 is 24.0 Å². The van der Waals surface area contributed by atoms with E-state index in [4.69, 9.17) is 16.3 Å². The third-order valence-electron chi connectivity index (χ3n) is 6.63. The van der Waals surface area contributed by atoms with E-state index in [2.05, 4.69) is 4.98 Å². The number of aromatic nitrogens is 3. The van der Waals surface area contributed by atoms with E-state index in [1.165, 1.54) is 17.8 Å². The first kappa shape index (κ1) is 26.5. The quantitative estimate of drug-likeness (QED) is 0.266. The molecule has 1 aliphatic carbocycles. The van der Waals surface area contributed by atoms with Crippen molar-refractivity contribution >= 4 is 33.2 Å². The molecule has 11 heteroatoms. The zero-order chi connectivity index (χ0) is 27.0. The Hall–Kier alpha value is -3.11. The largest absolute Gasteiger partial charge is 0.490 e. The molecular formula is C27H25ClF3N3O3S. The molecule has 0 saturated heterocycles. The number of pyridine rings is 1. The van der Waals surface area contributed by atoms with Crippen molar-refractivity contribution in [2.24, 2.45) is 0 Å². The van der Waals surface area contributed by atoms with Crippen molar-refractivity contribution in [3.63, 3.8) is 0 Å². The smallest absolute Gasteiger partial charge is 0.406 e. The minimum Gasteiger partial charge on any atom is -0.490 e. The lowest BCUT2D eigenvalue weighted by molar-refractivity contribution is -0.141. The number of rotatable bonds is 6. The molecule has 1 saturated carbocycles. The molecule has 0 aliphatic heterocycles. The summed E-state index contributed by atoms with van der Waals surface area (Å²) in [4.78, 5) is 30.1. The van der Waals surface area contributed by atoms with Crippen molar-refractivity contribution in [3.05, 3.63) is 79.0 Å². The maximum Gasteiger partial charge on any atom is 0.406 e. The highest BCUT2D eigenvalue weighted by Crippen LogP contribution is 2.42. The number of ether oxygens (including phenoxy) is 1.